The van der Waals surface area contributed by atoms with E-state index in [-0.39, 0.29) is 10.9 Å². The van der Waals surface area contributed by atoms with Gasteiger partial charge in [-0.3, -0.25) is 0 Å². The van der Waals surface area contributed by atoms with Crippen LogP contribution in [0.2, 0.25) is 0 Å². The normalized spacial score (nSPS) is 20.0. The van der Waals surface area contributed by atoms with Crippen molar-refractivity contribution in [3.05, 3.63) is 23.8 Å². The summed E-state index contributed by atoms with van der Waals surface area (Å²) in [5, 5.41) is 3.13. The van der Waals surface area contributed by atoms with E-state index in [4.69, 9.17) is 4.74 Å². The van der Waals surface area contributed by atoms with Crippen LogP contribution in [0.1, 0.15) is 12.0 Å². The average molecular weight is 270 g/mol. The number of methoxy groups -OCH3 is 1. The summed E-state index contributed by atoms with van der Waals surface area (Å²) in [6, 6.07) is 5.09. The monoisotopic (exact) mass is 270 g/mol. The summed E-state index contributed by atoms with van der Waals surface area (Å²) < 4.78 is 32.4. The quantitative estimate of drug-likeness (QED) is 0.843. The van der Waals surface area contributed by atoms with Crippen LogP contribution in [0.5, 0.6) is 5.75 Å². The summed E-state index contributed by atoms with van der Waals surface area (Å²) in [4.78, 5) is 0.205. The molecular formula is C12H18N2O3S. The number of hydrogen-bond donors (Lipinski definition) is 2. The molecule has 1 aliphatic heterocycles. The van der Waals surface area contributed by atoms with Gasteiger partial charge in [0.05, 0.1) is 7.11 Å². The second kappa shape index (κ2) is 5.26. The zero-order valence-corrected chi connectivity index (χ0v) is 11.4. The van der Waals surface area contributed by atoms with Gasteiger partial charge in [-0.15, -0.1) is 0 Å². The lowest BCUT2D eigenvalue weighted by Crippen LogP contribution is -2.36. The standard InChI is InChI=1S/C12H18N2O3S/c1-9-3-4-11(17-2)12(7-9)18(15,16)14-10-5-6-13-8-10/h3-4,7,10,13-14H,5-6,8H2,1-2H3/t10-/m1/s1. The Hall–Kier alpha value is -1.11. The third-order valence-corrected chi connectivity index (χ3v) is 4.53. The first-order valence-electron chi connectivity index (χ1n) is 5.90. The zero-order valence-electron chi connectivity index (χ0n) is 10.6. The Morgan fingerprint density at radius 2 is 2.22 bits per heavy atom. The average Bonchev–Trinajstić information content (AvgIpc) is 2.81. The number of nitrogens with one attached hydrogen (secondary N) is 2. The maximum atomic E-state index is 12.3. The van der Waals surface area contributed by atoms with E-state index in [9.17, 15) is 8.42 Å². The Labute approximate surface area is 108 Å². The van der Waals surface area contributed by atoms with E-state index in [1.807, 2.05) is 13.0 Å². The molecule has 1 saturated heterocycles. The molecule has 1 atom stereocenters. The molecule has 0 aromatic heterocycles. The molecule has 1 aromatic carbocycles. The van der Waals surface area contributed by atoms with Crippen LogP contribution >= 0.6 is 0 Å². The zero-order chi connectivity index (χ0) is 13.2. The van der Waals surface area contributed by atoms with Crippen molar-refractivity contribution >= 4 is 10.0 Å². The summed E-state index contributed by atoms with van der Waals surface area (Å²) in [6.45, 7) is 3.38. The van der Waals surface area contributed by atoms with Crippen molar-refractivity contribution in [3.63, 3.8) is 0 Å². The number of ether oxygens (including phenoxy) is 1. The van der Waals surface area contributed by atoms with Crippen LogP contribution in [0.25, 0.3) is 0 Å². The molecule has 0 radical (unpaired) electrons. The summed E-state index contributed by atoms with van der Waals surface area (Å²) in [5.41, 5.74) is 0.890. The molecule has 18 heavy (non-hydrogen) atoms. The molecule has 2 N–H and O–H groups in total. The predicted octanol–water partition coefficient (Wildman–Crippen LogP) is 0.644. The molecular weight excluding hydrogens is 252 g/mol. The van der Waals surface area contributed by atoms with Crippen molar-refractivity contribution in [1.29, 1.82) is 0 Å². The van der Waals surface area contributed by atoms with Crippen LogP contribution in [0.3, 0.4) is 0 Å². The predicted molar refractivity (Wildman–Crippen MR) is 69.3 cm³/mol. The van der Waals surface area contributed by atoms with Gasteiger partial charge >= 0.3 is 0 Å². The molecule has 0 amide bonds. The van der Waals surface area contributed by atoms with Gasteiger partial charge in [-0.2, -0.15) is 0 Å². The number of hydrogen-bond acceptors (Lipinski definition) is 4. The van der Waals surface area contributed by atoms with Gasteiger partial charge in [-0.1, -0.05) is 6.07 Å². The van der Waals surface area contributed by atoms with Crippen molar-refractivity contribution in [2.24, 2.45) is 0 Å². The second-order valence-electron chi connectivity index (χ2n) is 4.47. The molecule has 0 unspecified atom stereocenters. The molecule has 1 aliphatic rings. The first-order chi connectivity index (χ1) is 8.53. The fraction of sp³-hybridized carbons (Fsp3) is 0.500. The van der Waals surface area contributed by atoms with Gasteiger partial charge < -0.3 is 10.1 Å². The van der Waals surface area contributed by atoms with Crippen molar-refractivity contribution in [3.8, 4) is 5.75 Å². The van der Waals surface area contributed by atoms with Crippen molar-refractivity contribution in [2.45, 2.75) is 24.3 Å². The Kier molecular flexibility index (Phi) is 3.89. The van der Waals surface area contributed by atoms with Crippen molar-refractivity contribution in [1.82, 2.24) is 10.0 Å². The molecule has 100 valence electrons. The minimum atomic E-state index is -3.52. The lowest BCUT2D eigenvalue weighted by Gasteiger charge is -2.14. The van der Waals surface area contributed by atoms with Crippen LogP contribution in [-0.2, 0) is 10.0 Å². The minimum Gasteiger partial charge on any atom is -0.495 e. The molecule has 5 nitrogen and oxygen atoms in total. The maximum Gasteiger partial charge on any atom is 0.244 e. The largest absolute Gasteiger partial charge is 0.495 e. The number of benzene rings is 1. The van der Waals surface area contributed by atoms with E-state index in [2.05, 4.69) is 10.0 Å². The number of aryl methyl sites for hydroxylation is 1. The molecule has 0 bridgehead atoms. The van der Waals surface area contributed by atoms with Crippen LogP contribution in [0.15, 0.2) is 23.1 Å². The molecule has 0 spiro atoms. The number of rotatable bonds is 4. The Morgan fingerprint density at radius 3 is 2.83 bits per heavy atom. The SMILES string of the molecule is COc1ccc(C)cc1S(=O)(=O)N[C@@H]1CCNC1. The molecule has 0 aliphatic carbocycles. The van der Waals surface area contributed by atoms with E-state index in [1.54, 1.807) is 12.1 Å². The highest BCUT2D eigenvalue weighted by Gasteiger charge is 2.25. The van der Waals surface area contributed by atoms with Gasteiger partial charge in [0.25, 0.3) is 0 Å². The third-order valence-electron chi connectivity index (χ3n) is 2.99. The molecule has 1 heterocycles. The second-order valence-corrected chi connectivity index (χ2v) is 6.15. The summed E-state index contributed by atoms with van der Waals surface area (Å²) in [5.74, 6) is 0.374. The van der Waals surface area contributed by atoms with Gasteiger partial charge in [-0.25, -0.2) is 13.1 Å². The Morgan fingerprint density at radius 1 is 1.44 bits per heavy atom. The van der Waals surface area contributed by atoms with E-state index < -0.39 is 10.0 Å². The van der Waals surface area contributed by atoms with Gasteiger partial charge in [0.2, 0.25) is 10.0 Å². The van der Waals surface area contributed by atoms with E-state index >= 15 is 0 Å². The summed E-state index contributed by atoms with van der Waals surface area (Å²) in [6.07, 6.45) is 0.813. The van der Waals surface area contributed by atoms with Crippen LogP contribution in [0.4, 0.5) is 0 Å². The van der Waals surface area contributed by atoms with Gasteiger partial charge in [0.15, 0.2) is 0 Å². The molecule has 6 heteroatoms. The minimum absolute atomic E-state index is 0.0415. The van der Waals surface area contributed by atoms with Gasteiger partial charge in [0, 0.05) is 12.6 Å². The smallest absolute Gasteiger partial charge is 0.244 e. The van der Waals surface area contributed by atoms with Crippen LogP contribution in [-0.4, -0.2) is 34.7 Å². The Balaban J connectivity index is 2.30. The lowest BCUT2D eigenvalue weighted by molar-refractivity contribution is 0.402. The van der Waals surface area contributed by atoms with Gasteiger partial charge in [0.1, 0.15) is 10.6 Å². The molecule has 2 rings (SSSR count). The van der Waals surface area contributed by atoms with E-state index in [1.165, 1.54) is 7.11 Å². The fourth-order valence-electron chi connectivity index (χ4n) is 2.03. The highest BCUT2D eigenvalue weighted by molar-refractivity contribution is 7.89. The van der Waals surface area contributed by atoms with E-state index in [0.717, 1.165) is 18.5 Å². The van der Waals surface area contributed by atoms with E-state index in [0.29, 0.717) is 12.3 Å². The highest BCUT2D eigenvalue weighted by Crippen LogP contribution is 2.25. The van der Waals surface area contributed by atoms with Crippen LogP contribution < -0.4 is 14.8 Å². The summed E-state index contributed by atoms with van der Waals surface area (Å²) >= 11 is 0. The first kappa shape index (κ1) is 13.3. The first-order valence-corrected chi connectivity index (χ1v) is 7.39. The molecule has 1 fully saturated rings. The van der Waals surface area contributed by atoms with Crippen molar-refractivity contribution in [2.75, 3.05) is 20.2 Å². The maximum absolute atomic E-state index is 12.3. The fourth-order valence-corrected chi connectivity index (χ4v) is 3.56. The highest BCUT2D eigenvalue weighted by atomic mass is 32.2. The number of sulfonamides is 1. The third kappa shape index (κ3) is 2.82. The molecule has 1 aromatic rings. The lowest BCUT2D eigenvalue weighted by atomic mass is 10.2. The topological polar surface area (TPSA) is 67.4 Å². The molecule has 0 saturated carbocycles. The Bertz CT molecular complexity index is 522. The van der Waals surface area contributed by atoms with Gasteiger partial charge in [-0.05, 0) is 37.6 Å². The van der Waals surface area contributed by atoms with Crippen LogP contribution in [0, 0.1) is 6.92 Å². The summed E-state index contributed by atoms with van der Waals surface area (Å²) in [7, 11) is -2.05. The van der Waals surface area contributed by atoms with Crippen molar-refractivity contribution < 1.29 is 13.2 Å².